The van der Waals surface area contributed by atoms with E-state index in [-0.39, 0.29) is 5.75 Å². The maximum atomic E-state index is 9.48. The molecule has 16 heavy (non-hydrogen) atoms. The Morgan fingerprint density at radius 1 is 1.31 bits per heavy atom. The first-order chi connectivity index (χ1) is 7.49. The van der Waals surface area contributed by atoms with Gasteiger partial charge in [-0.05, 0) is 31.8 Å². The summed E-state index contributed by atoms with van der Waals surface area (Å²) in [5.41, 5.74) is 0.746. The number of aliphatic imine (C=N–C) groups is 1. The summed E-state index contributed by atoms with van der Waals surface area (Å²) in [5, 5.41) is 9.48. The molecule has 88 valence electrons. The number of phenols is 1. The van der Waals surface area contributed by atoms with Crippen LogP contribution in [0.2, 0.25) is 19.6 Å². The van der Waals surface area contributed by atoms with Crippen LogP contribution < -0.4 is 0 Å². The molecule has 0 radical (unpaired) electrons. The maximum Gasteiger partial charge on any atom is 0.183 e. The zero-order chi connectivity index (χ0) is 12.0. The molecule has 1 rings (SSSR count). The van der Waals surface area contributed by atoms with Gasteiger partial charge in [0.2, 0.25) is 0 Å². The van der Waals surface area contributed by atoms with Crippen molar-refractivity contribution >= 4 is 14.5 Å². The van der Waals surface area contributed by atoms with Gasteiger partial charge >= 0.3 is 0 Å². The van der Waals surface area contributed by atoms with Gasteiger partial charge in [-0.25, -0.2) is 0 Å². The van der Waals surface area contributed by atoms with Gasteiger partial charge in [0.05, 0.1) is 13.2 Å². The fourth-order valence-electron chi connectivity index (χ4n) is 1.16. The van der Waals surface area contributed by atoms with Gasteiger partial charge in [0.25, 0.3) is 0 Å². The van der Waals surface area contributed by atoms with Gasteiger partial charge in [-0.3, -0.25) is 4.99 Å². The van der Waals surface area contributed by atoms with E-state index in [0.29, 0.717) is 13.2 Å². The molecule has 0 aromatic heterocycles. The Kier molecular flexibility index (Phi) is 4.70. The maximum absolute atomic E-state index is 9.48. The molecule has 1 aromatic carbocycles. The molecule has 0 spiro atoms. The molecule has 0 bridgehead atoms. The topological polar surface area (TPSA) is 41.8 Å². The van der Waals surface area contributed by atoms with Crippen molar-refractivity contribution in [3.63, 3.8) is 0 Å². The first-order valence-corrected chi connectivity index (χ1v) is 8.82. The number of hydrogen-bond acceptors (Lipinski definition) is 3. The Balaban J connectivity index is 2.36. The van der Waals surface area contributed by atoms with Crippen LogP contribution in [0.1, 0.15) is 5.56 Å². The van der Waals surface area contributed by atoms with Gasteiger partial charge in [0.15, 0.2) is 8.32 Å². The highest BCUT2D eigenvalue weighted by atomic mass is 28.4. The molecule has 4 heteroatoms. The van der Waals surface area contributed by atoms with E-state index in [0.717, 1.165) is 5.56 Å². The quantitative estimate of drug-likeness (QED) is 0.486. The number of hydrogen-bond donors (Lipinski definition) is 1. The van der Waals surface area contributed by atoms with Gasteiger partial charge in [0, 0.05) is 11.8 Å². The summed E-state index contributed by atoms with van der Waals surface area (Å²) in [7, 11) is -1.42. The Labute approximate surface area is 97.9 Å². The molecule has 0 aliphatic heterocycles. The van der Waals surface area contributed by atoms with Gasteiger partial charge in [-0.1, -0.05) is 12.1 Å². The molecular weight excluding hydrogens is 218 g/mol. The molecule has 0 amide bonds. The minimum Gasteiger partial charge on any atom is -0.507 e. The zero-order valence-electron chi connectivity index (χ0n) is 10.1. The molecule has 0 aliphatic carbocycles. The monoisotopic (exact) mass is 237 g/mol. The average Bonchev–Trinajstić information content (AvgIpc) is 2.18. The molecule has 0 unspecified atom stereocenters. The van der Waals surface area contributed by atoms with Gasteiger partial charge in [-0.2, -0.15) is 0 Å². The van der Waals surface area contributed by atoms with Gasteiger partial charge in [0.1, 0.15) is 5.75 Å². The summed E-state index contributed by atoms with van der Waals surface area (Å²) in [4.78, 5) is 4.22. The fourth-order valence-corrected chi connectivity index (χ4v) is 1.87. The Bertz CT molecular complexity index is 358. The molecular formula is C12H19NO2Si. The van der Waals surface area contributed by atoms with Crippen LogP contribution in [0, 0.1) is 0 Å². The van der Waals surface area contributed by atoms with Crippen molar-refractivity contribution in [3.8, 4) is 5.75 Å². The molecule has 0 aliphatic rings. The molecule has 0 saturated carbocycles. The third-order valence-electron chi connectivity index (χ3n) is 1.92. The summed E-state index contributed by atoms with van der Waals surface area (Å²) in [6, 6.07) is 7.15. The van der Waals surface area contributed by atoms with Crippen LogP contribution in [-0.2, 0) is 4.43 Å². The lowest BCUT2D eigenvalue weighted by Gasteiger charge is -2.15. The minimum absolute atomic E-state index is 0.261. The average molecular weight is 237 g/mol. The van der Waals surface area contributed by atoms with Gasteiger partial charge in [-0.15, -0.1) is 0 Å². The van der Waals surface area contributed by atoms with Crippen LogP contribution in [0.4, 0.5) is 0 Å². The van der Waals surface area contributed by atoms with Crippen LogP contribution in [0.5, 0.6) is 5.75 Å². The molecule has 1 aromatic rings. The first-order valence-electron chi connectivity index (χ1n) is 5.41. The highest BCUT2D eigenvalue weighted by Gasteiger charge is 2.12. The van der Waals surface area contributed by atoms with Crippen LogP contribution in [0.25, 0.3) is 0 Å². The van der Waals surface area contributed by atoms with Crippen molar-refractivity contribution < 1.29 is 9.53 Å². The van der Waals surface area contributed by atoms with Crippen molar-refractivity contribution in [1.82, 2.24) is 0 Å². The second-order valence-corrected chi connectivity index (χ2v) is 9.07. The number of benzene rings is 1. The summed E-state index contributed by atoms with van der Waals surface area (Å²) >= 11 is 0. The number of aromatic hydroxyl groups is 1. The van der Waals surface area contributed by atoms with Crippen molar-refractivity contribution in [3.05, 3.63) is 29.8 Å². The number of nitrogens with zero attached hydrogens (tertiary/aromatic N) is 1. The lowest BCUT2D eigenvalue weighted by molar-refractivity contribution is 0.323. The third-order valence-corrected chi connectivity index (χ3v) is 2.99. The molecule has 0 atom stereocenters. The Morgan fingerprint density at radius 2 is 2.00 bits per heavy atom. The summed E-state index contributed by atoms with van der Waals surface area (Å²) in [6.07, 6.45) is 1.68. The minimum atomic E-state index is -1.42. The number of phenolic OH excluding ortho intramolecular Hbond substituents is 1. The molecule has 1 N–H and O–H groups in total. The SMILES string of the molecule is C[Si](C)(C)OCCN=Cc1ccccc1O. The van der Waals surface area contributed by atoms with E-state index in [2.05, 4.69) is 24.6 Å². The second kappa shape index (κ2) is 5.82. The van der Waals surface area contributed by atoms with Crippen LogP contribution in [0.3, 0.4) is 0 Å². The molecule has 0 saturated heterocycles. The van der Waals surface area contributed by atoms with E-state index in [1.54, 1.807) is 18.3 Å². The highest BCUT2D eigenvalue weighted by molar-refractivity contribution is 6.69. The third kappa shape index (κ3) is 5.09. The van der Waals surface area contributed by atoms with Crippen LogP contribution >= 0.6 is 0 Å². The van der Waals surface area contributed by atoms with E-state index in [1.165, 1.54) is 0 Å². The van der Waals surface area contributed by atoms with Crippen molar-refractivity contribution in [2.45, 2.75) is 19.6 Å². The van der Waals surface area contributed by atoms with E-state index in [4.69, 9.17) is 4.43 Å². The molecule has 0 fully saturated rings. The smallest absolute Gasteiger partial charge is 0.183 e. The van der Waals surface area contributed by atoms with Gasteiger partial charge < -0.3 is 9.53 Å². The Morgan fingerprint density at radius 3 is 2.62 bits per heavy atom. The lowest BCUT2D eigenvalue weighted by Crippen LogP contribution is -2.26. The summed E-state index contributed by atoms with van der Waals surface area (Å²) in [6.45, 7) is 7.75. The second-order valence-electron chi connectivity index (χ2n) is 4.55. The fraction of sp³-hybridized carbons (Fsp3) is 0.417. The van der Waals surface area contributed by atoms with E-state index in [9.17, 15) is 5.11 Å². The number of rotatable bonds is 5. The van der Waals surface area contributed by atoms with Crippen molar-refractivity contribution in [1.29, 1.82) is 0 Å². The van der Waals surface area contributed by atoms with Crippen LogP contribution in [0.15, 0.2) is 29.3 Å². The standard InChI is InChI=1S/C12H19NO2Si/c1-16(2,3)15-9-8-13-10-11-6-4-5-7-12(11)14/h4-7,10,14H,8-9H2,1-3H3. The Hall–Kier alpha value is -1.13. The van der Waals surface area contributed by atoms with E-state index in [1.807, 2.05) is 12.1 Å². The van der Waals surface area contributed by atoms with Crippen molar-refractivity contribution in [2.24, 2.45) is 4.99 Å². The van der Waals surface area contributed by atoms with E-state index < -0.39 is 8.32 Å². The zero-order valence-corrected chi connectivity index (χ0v) is 11.1. The summed E-state index contributed by atoms with van der Waals surface area (Å²) < 4.78 is 5.66. The number of para-hydroxylation sites is 1. The normalized spacial score (nSPS) is 12.2. The summed E-state index contributed by atoms with van der Waals surface area (Å²) in [5.74, 6) is 0.261. The predicted molar refractivity (Wildman–Crippen MR) is 69.9 cm³/mol. The van der Waals surface area contributed by atoms with E-state index >= 15 is 0 Å². The first kappa shape index (κ1) is 12.9. The molecule has 0 heterocycles. The predicted octanol–water partition coefficient (Wildman–Crippen LogP) is 2.66. The van der Waals surface area contributed by atoms with Crippen molar-refractivity contribution in [2.75, 3.05) is 13.2 Å². The van der Waals surface area contributed by atoms with Crippen LogP contribution in [-0.4, -0.2) is 32.8 Å². The lowest BCUT2D eigenvalue weighted by atomic mass is 10.2. The molecule has 3 nitrogen and oxygen atoms in total. The highest BCUT2D eigenvalue weighted by Crippen LogP contribution is 2.12. The largest absolute Gasteiger partial charge is 0.507 e.